The van der Waals surface area contributed by atoms with Crippen molar-refractivity contribution in [3.63, 3.8) is 0 Å². The number of aliphatic hydroxyl groups is 1. The van der Waals surface area contributed by atoms with E-state index in [0.717, 1.165) is 6.04 Å². The highest BCUT2D eigenvalue weighted by Gasteiger charge is 2.20. The van der Waals surface area contributed by atoms with E-state index in [9.17, 15) is 0 Å². The van der Waals surface area contributed by atoms with E-state index in [2.05, 4.69) is 18.9 Å². The number of hydrogen-bond acceptors (Lipinski definition) is 2. The first-order valence-corrected chi connectivity index (χ1v) is 5.08. The van der Waals surface area contributed by atoms with Crippen LogP contribution in [0.5, 0.6) is 0 Å². The Morgan fingerprint density at radius 3 is 2.42 bits per heavy atom. The highest BCUT2D eigenvalue weighted by molar-refractivity contribution is 4.76. The van der Waals surface area contributed by atoms with Crippen LogP contribution in [0.1, 0.15) is 39.0 Å². The molecule has 0 aliphatic heterocycles. The molecule has 0 heterocycles. The largest absolute Gasteiger partial charge is 0.395 e. The Morgan fingerprint density at radius 1 is 1.33 bits per heavy atom. The van der Waals surface area contributed by atoms with Gasteiger partial charge >= 0.3 is 0 Å². The van der Waals surface area contributed by atoms with Crippen LogP contribution in [0.3, 0.4) is 0 Å². The predicted molar refractivity (Wildman–Crippen MR) is 51.2 cm³/mol. The van der Waals surface area contributed by atoms with Gasteiger partial charge in [-0.1, -0.05) is 19.3 Å². The van der Waals surface area contributed by atoms with E-state index in [1.807, 2.05) is 0 Å². The molecule has 0 bridgehead atoms. The molecule has 1 aliphatic carbocycles. The van der Waals surface area contributed by atoms with Gasteiger partial charge in [0.2, 0.25) is 0 Å². The average Bonchev–Trinajstić information content (AvgIpc) is 2.17. The predicted octanol–water partition coefficient (Wildman–Crippen LogP) is 1.63. The van der Waals surface area contributed by atoms with E-state index in [4.69, 9.17) is 5.11 Å². The molecule has 1 N–H and O–H groups in total. The maximum Gasteiger partial charge on any atom is 0.0584 e. The molecule has 1 atom stereocenters. The molecule has 2 nitrogen and oxygen atoms in total. The molecule has 1 unspecified atom stereocenters. The summed E-state index contributed by atoms with van der Waals surface area (Å²) in [6.07, 6.45) is 6.78. The molecule has 0 aromatic heterocycles. The minimum atomic E-state index is 0.285. The lowest BCUT2D eigenvalue weighted by molar-refractivity contribution is 0.0995. The number of aliphatic hydroxyl groups excluding tert-OH is 1. The number of nitrogens with zero attached hydrogens (tertiary/aromatic N) is 1. The quantitative estimate of drug-likeness (QED) is 0.697. The van der Waals surface area contributed by atoms with Gasteiger partial charge in [-0.2, -0.15) is 0 Å². The minimum Gasteiger partial charge on any atom is -0.395 e. The van der Waals surface area contributed by atoms with E-state index in [1.54, 1.807) is 0 Å². The van der Waals surface area contributed by atoms with Crippen molar-refractivity contribution in [1.29, 1.82) is 0 Å². The fourth-order valence-corrected chi connectivity index (χ4v) is 1.98. The molecule has 1 saturated carbocycles. The monoisotopic (exact) mass is 171 g/mol. The first kappa shape index (κ1) is 10.0. The third kappa shape index (κ3) is 2.46. The van der Waals surface area contributed by atoms with Crippen molar-refractivity contribution in [3.8, 4) is 0 Å². The molecule has 72 valence electrons. The van der Waals surface area contributed by atoms with E-state index >= 15 is 0 Å². The first-order chi connectivity index (χ1) is 5.75. The molecule has 0 amide bonds. The zero-order chi connectivity index (χ0) is 8.97. The summed E-state index contributed by atoms with van der Waals surface area (Å²) in [5.74, 6) is 0. The van der Waals surface area contributed by atoms with Crippen LogP contribution in [0.15, 0.2) is 0 Å². The lowest BCUT2D eigenvalue weighted by atomic mass is 9.94. The van der Waals surface area contributed by atoms with E-state index in [-0.39, 0.29) is 6.61 Å². The van der Waals surface area contributed by atoms with Crippen LogP contribution in [0.25, 0.3) is 0 Å². The Bertz CT molecular complexity index is 121. The zero-order valence-electron chi connectivity index (χ0n) is 8.29. The normalized spacial score (nSPS) is 23.0. The summed E-state index contributed by atoms with van der Waals surface area (Å²) in [4.78, 5) is 2.33. The number of likely N-dealkylation sites (N-methyl/N-ethyl adjacent to an activating group) is 1. The summed E-state index contributed by atoms with van der Waals surface area (Å²) in [7, 11) is 2.14. The SMILES string of the molecule is CC(CO)N(C)C1CCCCC1. The number of hydrogen-bond donors (Lipinski definition) is 1. The van der Waals surface area contributed by atoms with Gasteiger partial charge in [-0.15, -0.1) is 0 Å². The molecule has 1 rings (SSSR count). The van der Waals surface area contributed by atoms with Gasteiger partial charge in [0.05, 0.1) is 6.61 Å². The van der Waals surface area contributed by atoms with Crippen molar-refractivity contribution in [2.45, 2.75) is 51.1 Å². The lowest BCUT2D eigenvalue weighted by Gasteiger charge is -2.34. The van der Waals surface area contributed by atoms with Crippen LogP contribution in [0.2, 0.25) is 0 Å². The van der Waals surface area contributed by atoms with Gasteiger partial charge in [0.1, 0.15) is 0 Å². The van der Waals surface area contributed by atoms with Gasteiger partial charge in [-0.3, -0.25) is 4.90 Å². The van der Waals surface area contributed by atoms with Crippen molar-refractivity contribution in [3.05, 3.63) is 0 Å². The molecule has 2 heteroatoms. The zero-order valence-corrected chi connectivity index (χ0v) is 8.29. The van der Waals surface area contributed by atoms with Gasteiger partial charge in [0, 0.05) is 12.1 Å². The van der Waals surface area contributed by atoms with Crippen molar-refractivity contribution < 1.29 is 5.11 Å². The molecular formula is C10H21NO. The molecule has 0 radical (unpaired) electrons. The molecule has 0 aromatic carbocycles. The fraction of sp³-hybridized carbons (Fsp3) is 1.00. The second kappa shape index (κ2) is 4.83. The van der Waals surface area contributed by atoms with Crippen LogP contribution < -0.4 is 0 Å². The smallest absolute Gasteiger partial charge is 0.0584 e. The topological polar surface area (TPSA) is 23.5 Å². The maximum atomic E-state index is 8.99. The van der Waals surface area contributed by atoms with Crippen LogP contribution in [-0.4, -0.2) is 35.7 Å². The van der Waals surface area contributed by atoms with Crippen molar-refractivity contribution in [2.75, 3.05) is 13.7 Å². The second-order valence-corrected chi connectivity index (χ2v) is 3.99. The van der Waals surface area contributed by atoms with E-state index < -0.39 is 0 Å². The van der Waals surface area contributed by atoms with E-state index in [0.29, 0.717) is 6.04 Å². The lowest BCUT2D eigenvalue weighted by Crippen LogP contribution is -2.41. The highest BCUT2D eigenvalue weighted by atomic mass is 16.3. The van der Waals surface area contributed by atoms with Gasteiger partial charge < -0.3 is 5.11 Å². The maximum absolute atomic E-state index is 8.99. The third-order valence-electron chi connectivity index (χ3n) is 3.11. The Kier molecular flexibility index (Phi) is 4.02. The molecule has 0 spiro atoms. The Morgan fingerprint density at radius 2 is 1.92 bits per heavy atom. The number of rotatable bonds is 3. The summed E-state index contributed by atoms with van der Waals surface area (Å²) >= 11 is 0. The Hall–Kier alpha value is -0.0800. The molecule has 1 aliphatic rings. The highest BCUT2D eigenvalue weighted by Crippen LogP contribution is 2.22. The van der Waals surface area contributed by atoms with Crippen molar-refractivity contribution in [2.24, 2.45) is 0 Å². The summed E-state index contributed by atoms with van der Waals surface area (Å²) in [6.45, 7) is 2.38. The minimum absolute atomic E-state index is 0.285. The molecule has 0 saturated heterocycles. The van der Waals surface area contributed by atoms with Gasteiger partial charge in [-0.25, -0.2) is 0 Å². The summed E-state index contributed by atoms with van der Waals surface area (Å²) in [6, 6.07) is 1.05. The average molecular weight is 171 g/mol. The Labute approximate surface area is 75.6 Å². The van der Waals surface area contributed by atoms with Crippen LogP contribution >= 0.6 is 0 Å². The molecular weight excluding hydrogens is 150 g/mol. The van der Waals surface area contributed by atoms with Gasteiger partial charge in [-0.05, 0) is 26.8 Å². The Balaban J connectivity index is 2.33. The third-order valence-corrected chi connectivity index (χ3v) is 3.11. The standard InChI is InChI=1S/C10H21NO/c1-9(8-12)11(2)10-6-4-3-5-7-10/h9-10,12H,3-8H2,1-2H3. The molecule has 0 aromatic rings. The summed E-state index contributed by atoms with van der Waals surface area (Å²) in [5.41, 5.74) is 0. The van der Waals surface area contributed by atoms with Crippen molar-refractivity contribution in [1.82, 2.24) is 4.90 Å². The summed E-state index contributed by atoms with van der Waals surface area (Å²) < 4.78 is 0. The van der Waals surface area contributed by atoms with Crippen LogP contribution in [-0.2, 0) is 0 Å². The van der Waals surface area contributed by atoms with Gasteiger partial charge in [0.15, 0.2) is 0 Å². The van der Waals surface area contributed by atoms with E-state index in [1.165, 1.54) is 32.1 Å². The molecule has 12 heavy (non-hydrogen) atoms. The molecule has 1 fully saturated rings. The van der Waals surface area contributed by atoms with Gasteiger partial charge in [0.25, 0.3) is 0 Å². The van der Waals surface area contributed by atoms with Crippen molar-refractivity contribution >= 4 is 0 Å². The summed E-state index contributed by atoms with van der Waals surface area (Å²) in [5, 5.41) is 8.99. The first-order valence-electron chi connectivity index (χ1n) is 5.08. The second-order valence-electron chi connectivity index (χ2n) is 3.99. The van der Waals surface area contributed by atoms with Crippen LogP contribution in [0, 0.1) is 0 Å². The fourth-order valence-electron chi connectivity index (χ4n) is 1.98. The van der Waals surface area contributed by atoms with Crippen LogP contribution in [0.4, 0.5) is 0 Å².